The molecule has 0 unspecified atom stereocenters. The number of rotatable bonds is 4. The summed E-state index contributed by atoms with van der Waals surface area (Å²) in [6.07, 6.45) is 4.37. The number of hydrogen-bond acceptors (Lipinski definition) is 1. The molecule has 0 amide bonds. The van der Waals surface area contributed by atoms with Crippen molar-refractivity contribution in [3.05, 3.63) is 77.9 Å². The summed E-state index contributed by atoms with van der Waals surface area (Å²) >= 11 is 0. The lowest BCUT2D eigenvalue weighted by atomic mass is 10.0. The molecule has 0 saturated carbocycles. The maximum absolute atomic E-state index is 7.47. The van der Waals surface area contributed by atoms with Crippen molar-refractivity contribution in [1.82, 2.24) is 0 Å². The molecule has 0 aliphatic heterocycles. The van der Waals surface area contributed by atoms with E-state index in [4.69, 9.17) is 5.41 Å². The largest absolute Gasteiger partial charge is 0.308 e. The van der Waals surface area contributed by atoms with Crippen molar-refractivity contribution in [3.63, 3.8) is 0 Å². The predicted octanol–water partition coefficient (Wildman–Crippen LogP) is 3.96. The first-order chi connectivity index (χ1) is 8.40. The lowest BCUT2D eigenvalue weighted by Crippen LogP contribution is -1.87. The molecule has 0 radical (unpaired) electrons. The van der Waals surface area contributed by atoms with Crippen LogP contribution in [0.1, 0.15) is 11.1 Å². The van der Waals surface area contributed by atoms with Gasteiger partial charge in [0.2, 0.25) is 0 Å². The lowest BCUT2D eigenvalue weighted by Gasteiger charge is -2.01. The summed E-state index contributed by atoms with van der Waals surface area (Å²) in [5, 5.41) is 7.47. The highest BCUT2D eigenvalue weighted by Gasteiger charge is 1.96. The average molecular weight is 221 g/mol. The van der Waals surface area contributed by atoms with E-state index in [9.17, 15) is 0 Å². The summed E-state index contributed by atoms with van der Waals surface area (Å²) in [6.45, 7) is 0. The summed E-state index contributed by atoms with van der Waals surface area (Å²) in [4.78, 5) is 0. The normalized spacial score (nSPS) is 11.2. The van der Waals surface area contributed by atoms with Gasteiger partial charge in [-0.2, -0.15) is 0 Å². The summed E-state index contributed by atoms with van der Waals surface area (Å²) < 4.78 is 0. The fourth-order valence-corrected chi connectivity index (χ4v) is 1.73. The van der Waals surface area contributed by atoms with Crippen LogP contribution in [-0.4, -0.2) is 6.21 Å². The van der Waals surface area contributed by atoms with Gasteiger partial charge in [-0.05, 0) is 23.1 Å². The van der Waals surface area contributed by atoms with Gasteiger partial charge in [-0.3, -0.25) is 0 Å². The van der Waals surface area contributed by atoms with Crippen LogP contribution in [0.25, 0.3) is 5.57 Å². The van der Waals surface area contributed by atoms with E-state index >= 15 is 0 Å². The fraction of sp³-hybridized carbons (Fsp3) is 0.0625. The Labute approximate surface area is 102 Å². The van der Waals surface area contributed by atoms with Gasteiger partial charge in [0.05, 0.1) is 0 Å². The van der Waals surface area contributed by atoms with Crippen molar-refractivity contribution in [3.8, 4) is 0 Å². The van der Waals surface area contributed by atoms with Crippen LogP contribution < -0.4 is 0 Å². The van der Waals surface area contributed by atoms with Crippen molar-refractivity contribution >= 4 is 11.8 Å². The predicted molar refractivity (Wildman–Crippen MR) is 73.3 cm³/mol. The summed E-state index contributed by atoms with van der Waals surface area (Å²) in [7, 11) is 0. The molecule has 0 aliphatic rings. The van der Waals surface area contributed by atoms with E-state index in [2.05, 4.69) is 18.2 Å². The van der Waals surface area contributed by atoms with Crippen LogP contribution in [0.4, 0.5) is 0 Å². The maximum atomic E-state index is 7.47. The quantitative estimate of drug-likeness (QED) is 0.755. The Hall–Kier alpha value is -2.15. The van der Waals surface area contributed by atoms with Crippen molar-refractivity contribution < 1.29 is 0 Å². The topological polar surface area (TPSA) is 23.9 Å². The van der Waals surface area contributed by atoms with Crippen LogP contribution in [0.5, 0.6) is 0 Å². The van der Waals surface area contributed by atoms with E-state index < -0.39 is 0 Å². The SMILES string of the molecule is N=C/C(=C\Cc1ccccc1)c1ccccc1. The Balaban J connectivity index is 2.17. The molecule has 0 spiro atoms. The van der Waals surface area contributed by atoms with Gasteiger partial charge < -0.3 is 5.41 Å². The number of hydrogen-bond donors (Lipinski definition) is 1. The highest BCUT2D eigenvalue weighted by molar-refractivity contribution is 6.08. The Morgan fingerprint density at radius 3 is 2.06 bits per heavy atom. The van der Waals surface area contributed by atoms with Gasteiger partial charge in [0.1, 0.15) is 0 Å². The minimum atomic E-state index is 0.862. The molecule has 2 rings (SSSR count). The Morgan fingerprint density at radius 1 is 0.882 bits per heavy atom. The monoisotopic (exact) mass is 221 g/mol. The van der Waals surface area contributed by atoms with Crippen LogP contribution in [0.15, 0.2) is 66.7 Å². The smallest absolute Gasteiger partial charge is 0.0253 e. The molecule has 1 nitrogen and oxygen atoms in total. The highest BCUT2D eigenvalue weighted by Crippen LogP contribution is 2.13. The molecule has 84 valence electrons. The average Bonchev–Trinajstić information content (AvgIpc) is 2.42. The van der Waals surface area contributed by atoms with Crippen LogP contribution in [0.2, 0.25) is 0 Å². The van der Waals surface area contributed by atoms with Crippen LogP contribution in [-0.2, 0) is 6.42 Å². The van der Waals surface area contributed by atoms with E-state index in [0.717, 1.165) is 17.6 Å². The molecule has 0 bridgehead atoms. The molecule has 0 aliphatic carbocycles. The Kier molecular flexibility index (Phi) is 3.87. The number of nitrogens with one attached hydrogen (secondary N) is 1. The molecule has 17 heavy (non-hydrogen) atoms. The van der Waals surface area contributed by atoms with E-state index in [1.165, 1.54) is 11.8 Å². The van der Waals surface area contributed by atoms with Gasteiger partial charge in [0.15, 0.2) is 0 Å². The summed E-state index contributed by atoms with van der Waals surface area (Å²) in [6, 6.07) is 20.3. The van der Waals surface area contributed by atoms with Crippen molar-refractivity contribution in [2.45, 2.75) is 6.42 Å². The zero-order chi connectivity index (χ0) is 11.9. The third-order valence-corrected chi connectivity index (χ3v) is 2.66. The molecule has 0 fully saturated rings. The molecular formula is C16H15N. The van der Waals surface area contributed by atoms with Crippen molar-refractivity contribution in [1.29, 1.82) is 5.41 Å². The third kappa shape index (κ3) is 3.15. The second-order valence-corrected chi connectivity index (χ2v) is 3.86. The summed E-state index contributed by atoms with van der Waals surface area (Å²) in [5.41, 5.74) is 3.33. The molecule has 1 N–H and O–H groups in total. The maximum Gasteiger partial charge on any atom is 0.0253 e. The third-order valence-electron chi connectivity index (χ3n) is 2.66. The van der Waals surface area contributed by atoms with Gasteiger partial charge >= 0.3 is 0 Å². The molecule has 0 aromatic heterocycles. The first-order valence-corrected chi connectivity index (χ1v) is 5.70. The molecule has 0 atom stereocenters. The number of allylic oxidation sites excluding steroid dienone is 2. The van der Waals surface area contributed by atoms with Crippen LogP contribution in [0.3, 0.4) is 0 Å². The van der Waals surface area contributed by atoms with E-state index in [1.54, 1.807) is 0 Å². The highest BCUT2D eigenvalue weighted by atomic mass is 14.3. The molecule has 2 aromatic carbocycles. The second-order valence-electron chi connectivity index (χ2n) is 3.86. The van der Waals surface area contributed by atoms with Gasteiger partial charge in [-0.25, -0.2) is 0 Å². The van der Waals surface area contributed by atoms with Gasteiger partial charge in [0, 0.05) is 6.21 Å². The van der Waals surface area contributed by atoms with Crippen molar-refractivity contribution in [2.24, 2.45) is 0 Å². The molecule has 0 saturated heterocycles. The van der Waals surface area contributed by atoms with Crippen LogP contribution in [0, 0.1) is 5.41 Å². The standard InChI is InChI=1S/C16H15N/c17-13-16(15-9-5-2-6-10-15)12-11-14-7-3-1-4-8-14/h1-10,12-13,17H,11H2/b16-12+,17-13?. The molecule has 1 heteroatoms. The number of benzene rings is 2. The Morgan fingerprint density at radius 2 is 1.47 bits per heavy atom. The van der Waals surface area contributed by atoms with E-state index in [1.807, 2.05) is 48.5 Å². The first-order valence-electron chi connectivity index (χ1n) is 5.70. The van der Waals surface area contributed by atoms with E-state index in [0.29, 0.717) is 0 Å². The fourth-order valence-electron chi connectivity index (χ4n) is 1.73. The molecule has 0 heterocycles. The zero-order valence-corrected chi connectivity index (χ0v) is 9.64. The zero-order valence-electron chi connectivity index (χ0n) is 9.64. The lowest BCUT2D eigenvalue weighted by molar-refractivity contribution is 1.27. The first kappa shape index (κ1) is 11.3. The minimum absolute atomic E-state index is 0.862. The Bertz CT molecular complexity index is 498. The van der Waals surface area contributed by atoms with Crippen molar-refractivity contribution in [2.75, 3.05) is 0 Å². The molecule has 2 aromatic rings. The van der Waals surface area contributed by atoms with Gasteiger partial charge in [-0.1, -0.05) is 66.7 Å². The second kappa shape index (κ2) is 5.80. The van der Waals surface area contributed by atoms with Gasteiger partial charge in [0.25, 0.3) is 0 Å². The summed E-state index contributed by atoms with van der Waals surface area (Å²) in [5.74, 6) is 0. The molecular weight excluding hydrogens is 206 g/mol. The van der Waals surface area contributed by atoms with E-state index in [-0.39, 0.29) is 0 Å². The minimum Gasteiger partial charge on any atom is -0.308 e. The van der Waals surface area contributed by atoms with Gasteiger partial charge in [-0.15, -0.1) is 0 Å². The van der Waals surface area contributed by atoms with Crippen LogP contribution >= 0.6 is 0 Å².